The van der Waals surface area contributed by atoms with Gasteiger partial charge in [0.05, 0.1) is 0 Å². The van der Waals surface area contributed by atoms with Gasteiger partial charge in [0.2, 0.25) is 0 Å². The van der Waals surface area contributed by atoms with Crippen LogP contribution in [0.1, 0.15) is 39.3 Å². The Morgan fingerprint density at radius 3 is 2.69 bits per heavy atom. The number of aromatic nitrogens is 3. The molecule has 150 valence electrons. The molecule has 0 bridgehead atoms. The molecule has 6 heteroatoms. The van der Waals surface area contributed by atoms with E-state index in [2.05, 4.69) is 15.4 Å². The molecule has 2 aromatic heterocycles. The number of carbonyl (C=O) groups excluding carboxylic acids is 1. The molecule has 1 aliphatic rings. The standard InChI is InChI=1S/C23H27N5O/c1-27(16-18-6-4-3-5-7-18)23(29)22-20-14-19(8-9-21(20)28(2)26-22)25-15-17-10-12-24-13-11-17/h3-7,10-13,19,25H,8-9,14-16H2,1-2H3/t19-/m1/s1. The van der Waals surface area contributed by atoms with Gasteiger partial charge in [-0.25, -0.2) is 0 Å². The first kappa shape index (κ1) is 19.3. The molecule has 6 nitrogen and oxygen atoms in total. The fraction of sp³-hybridized carbons (Fsp3) is 0.348. The highest BCUT2D eigenvalue weighted by Gasteiger charge is 2.29. The molecular formula is C23H27N5O. The van der Waals surface area contributed by atoms with Crippen LogP contribution in [0.15, 0.2) is 54.9 Å². The van der Waals surface area contributed by atoms with Crippen LogP contribution < -0.4 is 5.32 Å². The van der Waals surface area contributed by atoms with Crippen molar-refractivity contribution in [1.82, 2.24) is 25.0 Å². The summed E-state index contributed by atoms with van der Waals surface area (Å²) in [5, 5.41) is 8.23. The van der Waals surface area contributed by atoms with Gasteiger partial charge in [0, 0.05) is 56.9 Å². The topological polar surface area (TPSA) is 63.1 Å². The van der Waals surface area contributed by atoms with E-state index in [0.717, 1.165) is 36.9 Å². The first-order chi connectivity index (χ1) is 14.1. The van der Waals surface area contributed by atoms with Crippen molar-refractivity contribution >= 4 is 5.91 Å². The number of carbonyl (C=O) groups is 1. The van der Waals surface area contributed by atoms with Gasteiger partial charge in [-0.1, -0.05) is 30.3 Å². The molecule has 0 fully saturated rings. The van der Waals surface area contributed by atoms with Gasteiger partial charge in [-0.2, -0.15) is 5.10 Å². The van der Waals surface area contributed by atoms with Crippen LogP contribution in [0, 0.1) is 0 Å². The summed E-state index contributed by atoms with van der Waals surface area (Å²) in [5.74, 6) is -0.0134. The number of amides is 1. The fourth-order valence-electron chi connectivity index (χ4n) is 4.01. The zero-order valence-corrected chi connectivity index (χ0v) is 17.0. The van der Waals surface area contributed by atoms with Crippen LogP contribution in [-0.4, -0.2) is 38.7 Å². The molecule has 0 spiro atoms. The smallest absolute Gasteiger partial charge is 0.274 e. The Kier molecular flexibility index (Phi) is 5.71. The molecule has 0 unspecified atom stereocenters. The maximum Gasteiger partial charge on any atom is 0.274 e. The van der Waals surface area contributed by atoms with Gasteiger partial charge in [0.25, 0.3) is 5.91 Å². The molecule has 4 rings (SSSR count). The zero-order valence-electron chi connectivity index (χ0n) is 17.0. The average molecular weight is 390 g/mol. The highest BCUT2D eigenvalue weighted by Crippen LogP contribution is 2.25. The Morgan fingerprint density at radius 2 is 1.93 bits per heavy atom. The summed E-state index contributed by atoms with van der Waals surface area (Å²) in [7, 11) is 3.79. The molecule has 1 amide bonds. The van der Waals surface area contributed by atoms with E-state index in [9.17, 15) is 4.79 Å². The SMILES string of the molecule is CN(Cc1ccccc1)C(=O)c1nn(C)c2c1C[C@H](NCc1ccncc1)CC2. The summed E-state index contributed by atoms with van der Waals surface area (Å²) in [6, 6.07) is 14.4. The molecule has 0 saturated carbocycles. The lowest BCUT2D eigenvalue weighted by Crippen LogP contribution is -2.35. The molecule has 1 aliphatic carbocycles. The van der Waals surface area contributed by atoms with Gasteiger partial charge in [0.1, 0.15) is 0 Å². The summed E-state index contributed by atoms with van der Waals surface area (Å²) in [6.07, 6.45) is 6.44. The van der Waals surface area contributed by atoms with Crippen LogP contribution in [0.3, 0.4) is 0 Å². The Hall–Kier alpha value is -2.99. The second-order valence-corrected chi connectivity index (χ2v) is 7.72. The number of benzene rings is 1. The first-order valence-corrected chi connectivity index (χ1v) is 10.1. The van der Waals surface area contributed by atoms with Crippen molar-refractivity contribution in [1.29, 1.82) is 0 Å². The highest BCUT2D eigenvalue weighted by atomic mass is 16.2. The largest absolute Gasteiger partial charge is 0.336 e. The fourth-order valence-corrected chi connectivity index (χ4v) is 4.01. The van der Waals surface area contributed by atoms with Crippen molar-refractivity contribution in [3.8, 4) is 0 Å². The average Bonchev–Trinajstić information content (AvgIpc) is 3.09. The molecular weight excluding hydrogens is 362 g/mol. The lowest BCUT2D eigenvalue weighted by Gasteiger charge is -2.25. The predicted octanol–water partition coefficient (Wildman–Crippen LogP) is 2.73. The number of fused-ring (bicyclic) bond motifs is 1. The van der Waals surface area contributed by atoms with Gasteiger partial charge < -0.3 is 10.2 Å². The lowest BCUT2D eigenvalue weighted by atomic mass is 9.91. The van der Waals surface area contributed by atoms with Crippen LogP contribution in [0.4, 0.5) is 0 Å². The minimum absolute atomic E-state index is 0.0134. The van der Waals surface area contributed by atoms with Gasteiger partial charge in [0.15, 0.2) is 5.69 Å². The predicted molar refractivity (Wildman–Crippen MR) is 112 cm³/mol. The summed E-state index contributed by atoms with van der Waals surface area (Å²) >= 11 is 0. The zero-order chi connectivity index (χ0) is 20.2. The van der Waals surface area contributed by atoms with Gasteiger partial charge in [-0.15, -0.1) is 0 Å². The van der Waals surface area contributed by atoms with E-state index < -0.39 is 0 Å². The van der Waals surface area contributed by atoms with Crippen molar-refractivity contribution < 1.29 is 4.79 Å². The minimum atomic E-state index is -0.0134. The van der Waals surface area contributed by atoms with Crippen LogP contribution >= 0.6 is 0 Å². The summed E-state index contributed by atoms with van der Waals surface area (Å²) in [5.41, 5.74) is 5.21. The normalized spacial score (nSPS) is 15.7. The summed E-state index contributed by atoms with van der Waals surface area (Å²) in [4.78, 5) is 19.0. The molecule has 0 radical (unpaired) electrons. The van der Waals surface area contributed by atoms with E-state index in [1.807, 2.05) is 73.6 Å². The quantitative estimate of drug-likeness (QED) is 0.704. The third kappa shape index (κ3) is 4.38. The van der Waals surface area contributed by atoms with E-state index in [4.69, 9.17) is 0 Å². The molecule has 1 N–H and O–H groups in total. The molecule has 0 aliphatic heterocycles. The van der Waals surface area contributed by atoms with Crippen molar-refractivity contribution in [2.45, 2.75) is 38.4 Å². The van der Waals surface area contributed by atoms with Crippen molar-refractivity contribution in [2.75, 3.05) is 7.05 Å². The highest BCUT2D eigenvalue weighted by molar-refractivity contribution is 5.94. The Balaban J connectivity index is 1.46. The van der Waals surface area contributed by atoms with Crippen molar-refractivity contribution in [3.63, 3.8) is 0 Å². The first-order valence-electron chi connectivity index (χ1n) is 10.1. The Bertz CT molecular complexity index is 968. The van der Waals surface area contributed by atoms with Gasteiger partial charge in [-0.05, 0) is 42.5 Å². The third-order valence-electron chi connectivity index (χ3n) is 5.61. The number of rotatable bonds is 6. The van der Waals surface area contributed by atoms with Crippen molar-refractivity contribution in [2.24, 2.45) is 7.05 Å². The van der Waals surface area contributed by atoms with Crippen LogP contribution in [0.5, 0.6) is 0 Å². The maximum atomic E-state index is 13.1. The van der Waals surface area contributed by atoms with Gasteiger partial charge in [-0.3, -0.25) is 14.5 Å². The van der Waals surface area contributed by atoms with E-state index in [-0.39, 0.29) is 5.91 Å². The van der Waals surface area contributed by atoms with E-state index >= 15 is 0 Å². The number of nitrogens with one attached hydrogen (secondary N) is 1. The number of aryl methyl sites for hydroxylation is 1. The third-order valence-corrected chi connectivity index (χ3v) is 5.61. The number of pyridine rings is 1. The number of nitrogens with zero attached hydrogens (tertiary/aromatic N) is 4. The Labute approximate surface area is 171 Å². The summed E-state index contributed by atoms with van der Waals surface area (Å²) < 4.78 is 1.89. The molecule has 1 aromatic carbocycles. The van der Waals surface area contributed by atoms with E-state index in [1.54, 1.807) is 4.90 Å². The monoisotopic (exact) mass is 389 g/mol. The van der Waals surface area contributed by atoms with Crippen LogP contribution in [0.25, 0.3) is 0 Å². The molecule has 2 heterocycles. The van der Waals surface area contributed by atoms with Crippen molar-refractivity contribution in [3.05, 3.63) is 82.9 Å². The maximum absolute atomic E-state index is 13.1. The van der Waals surface area contributed by atoms with E-state index in [1.165, 1.54) is 11.3 Å². The minimum Gasteiger partial charge on any atom is -0.336 e. The molecule has 1 atom stereocenters. The lowest BCUT2D eigenvalue weighted by molar-refractivity contribution is 0.0777. The number of hydrogen-bond acceptors (Lipinski definition) is 4. The molecule has 0 saturated heterocycles. The van der Waals surface area contributed by atoms with Crippen LogP contribution in [-0.2, 0) is 33.0 Å². The Morgan fingerprint density at radius 1 is 1.17 bits per heavy atom. The van der Waals surface area contributed by atoms with E-state index in [0.29, 0.717) is 18.3 Å². The summed E-state index contributed by atoms with van der Waals surface area (Å²) in [6.45, 7) is 1.38. The van der Waals surface area contributed by atoms with Crippen LogP contribution in [0.2, 0.25) is 0 Å². The number of hydrogen-bond donors (Lipinski definition) is 1. The second kappa shape index (κ2) is 8.57. The van der Waals surface area contributed by atoms with Gasteiger partial charge >= 0.3 is 0 Å². The molecule has 29 heavy (non-hydrogen) atoms. The second-order valence-electron chi connectivity index (χ2n) is 7.72. The molecule has 3 aromatic rings.